The minimum absolute atomic E-state index is 0.152. The Bertz CT molecular complexity index is 981. The summed E-state index contributed by atoms with van der Waals surface area (Å²) in [6.07, 6.45) is 2.79. The number of sulfonamides is 1. The first kappa shape index (κ1) is 20.1. The fourth-order valence-electron chi connectivity index (χ4n) is 2.16. The fourth-order valence-corrected chi connectivity index (χ4v) is 2.70. The van der Waals surface area contributed by atoms with Gasteiger partial charge < -0.3 is 14.8 Å². The molecule has 2 aromatic rings. The lowest BCUT2D eigenvalue weighted by molar-refractivity contribution is -0.111. The normalized spacial score (nSPS) is 11.2. The first-order chi connectivity index (χ1) is 12.7. The summed E-state index contributed by atoms with van der Waals surface area (Å²) in [7, 11) is -1.24. The largest absolute Gasteiger partial charge is 0.495 e. The molecule has 0 radical (unpaired) electrons. The highest BCUT2D eigenvalue weighted by molar-refractivity contribution is 7.89. The predicted octanol–water partition coefficient (Wildman–Crippen LogP) is 1.78. The highest BCUT2D eigenvalue weighted by Gasteiger charge is 2.13. The molecule has 0 heterocycles. The molecule has 0 fully saturated rings. The molecule has 142 valence electrons. The SMILES string of the molecule is COC(=O)c1ccc(C=CC(=O)Nc2cc(S(N)(=O)=O)ccc2OC)cc1. The van der Waals surface area contributed by atoms with Gasteiger partial charge in [0.05, 0.1) is 30.4 Å². The molecule has 0 aliphatic rings. The van der Waals surface area contributed by atoms with E-state index in [-0.39, 0.29) is 16.3 Å². The first-order valence-corrected chi connectivity index (χ1v) is 9.17. The van der Waals surface area contributed by atoms with Gasteiger partial charge in [-0.3, -0.25) is 4.79 Å². The van der Waals surface area contributed by atoms with Crippen LogP contribution in [0.3, 0.4) is 0 Å². The van der Waals surface area contributed by atoms with Crippen molar-refractivity contribution in [3.05, 3.63) is 59.7 Å². The Labute approximate surface area is 156 Å². The first-order valence-electron chi connectivity index (χ1n) is 7.63. The number of hydrogen-bond donors (Lipinski definition) is 2. The maximum Gasteiger partial charge on any atom is 0.337 e. The smallest absolute Gasteiger partial charge is 0.337 e. The Morgan fingerprint density at radius 3 is 2.30 bits per heavy atom. The zero-order valence-corrected chi connectivity index (χ0v) is 15.4. The number of primary sulfonamides is 1. The Balaban J connectivity index is 2.15. The Hall–Kier alpha value is -3.17. The minimum atomic E-state index is -3.92. The number of carbonyl (C=O) groups excluding carboxylic acids is 2. The van der Waals surface area contributed by atoms with E-state index in [0.29, 0.717) is 11.1 Å². The molecule has 27 heavy (non-hydrogen) atoms. The highest BCUT2D eigenvalue weighted by atomic mass is 32.2. The molecule has 8 nitrogen and oxygen atoms in total. The monoisotopic (exact) mass is 390 g/mol. The molecule has 0 unspecified atom stereocenters. The average molecular weight is 390 g/mol. The second kappa shape index (κ2) is 8.47. The fraction of sp³-hybridized carbons (Fsp3) is 0.111. The van der Waals surface area contributed by atoms with Crippen LogP contribution in [-0.2, 0) is 19.6 Å². The van der Waals surface area contributed by atoms with Gasteiger partial charge in [0, 0.05) is 6.08 Å². The van der Waals surface area contributed by atoms with E-state index < -0.39 is 21.9 Å². The van der Waals surface area contributed by atoms with Gasteiger partial charge in [-0.25, -0.2) is 18.4 Å². The molecular formula is C18H18N2O6S. The van der Waals surface area contributed by atoms with Crippen LogP contribution in [0.5, 0.6) is 5.75 Å². The van der Waals surface area contributed by atoms with Gasteiger partial charge in [0.2, 0.25) is 15.9 Å². The zero-order valence-electron chi connectivity index (χ0n) is 14.6. The number of ether oxygens (including phenoxy) is 2. The van der Waals surface area contributed by atoms with Gasteiger partial charge in [0.15, 0.2) is 0 Å². The van der Waals surface area contributed by atoms with Crippen LogP contribution < -0.4 is 15.2 Å². The average Bonchev–Trinajstić information content (AvgIpc) is 2.65. The summed E-state index contributed by atoms with van der Waals surface area (Å²) in [5, 5.41) is 7.64. The molecule has 0 aliphatic heterocycles. The van der Waals surface area contributed by atoms with Crippen molar-refractivity contribution < 1.29 is 27.5 Å². The van der Waals surface area contributed by atoms with Crippen molar-refractivity contribution in [2.75, 3.05) is 19.5 Å². The van der Waals surface area contributed by atoms with Crippen molar-refractivity contribution >= 4 is 33.7 Å². The lowest BCUT2D eigenvalue weighted by Crippen LogP contribution is -2.14. The summed E-state index contributed by atoms with van der Waals surface area (Å²) in [5.41, 5.74) is 1.24. The van der Waals surface area contributed by atoms with E-state index >= 15 is 0 Å². The Morgan fingerprint density at radius 1 is 1.07 bits per heavy atom. The van der Waals surface area contributed by atoms with E-state index in [2.05, 4.69) is 10.1 Å². The third-order valence-corrected chi connectivity index (χ3v) is 4.43. The van der Waals surface area contributed by atoms with Crippen LogP contribution in [0.25, 0.3) is 6.08 Å². The van der Waals surface area contributed by atoms with Crippen LogP contribution in [0.4, 0.5) is 5.69 Å². The van der Waals surface area contributed by atoms with Crippen LogP contribution in [0.1, 0.15) is 15.9 Å². The van der Waals surface area contributed by atoms with Gasteiger partial charge in [-0.15, -0.1) is 0 Å². The minimum Gasteiger partial charge on any atom is -0.495 e. The van der Waals surface area contributed by atoms with Crippen molar-refractivity contribution in [2.45, 2.75) is 4.90 Å². The van der Waals surface area contributed by atoms with Gasteiger partial charge in [0.25, 0.3) is 0 Å². The molecule has 1 amide bonds. The van der Waals surface area contributed by atoms with Crippen molar-refractivity contribution in [3.63, 3.8) is 0 Å². The quantitative estimate of drug-likeness (QED) is 0.572. The molecule has 0 saturated heterocycles. The summed E-state index contributed by atoms with van der Waals surface area (Å²) in [6, 6.07) is 10.3. The number of methoxy groups -OCH3 is 2. The second-order valence-corrected chi connectivity index (χ2v) is 6.90. The van der Waals surface area contributed by atoms with E-state index in [1.807, 2.05) is 0 Å². The van der Waals surface area contributed by atoms with E-state index in [0.717, 1.165) is 0 Å². The highest BCUT2D eigenvalue weighted by Crippen LogP contribution is 2.27. The van der Waals surface area contributed by atoms with Crippen molar-refractivity contribution in [1.29, 1.82) is 0 Å². The van der Waals surface area contributed by atoms with E-state index in [9.17, 15) is 18.0 Å². The molecule has 0 atom stereocenters. The molecule has 0 spiro atoms. The van der Waals surface area contributed by atoms with Gasteiger partial charge in [-0.1, -0.05) is 12.1 Å². The van der Waals surface area contributed by atoms with Gasteiger partial charge in [0.1, 0.15) is 5.75 Å². The number of rotatable bonds is 6. The second-order valence-electron chi connectivity index (χ2n) is 5.34. The summed E-state index contributed by atoms with van der Waals surface area (Å²) < 4.78 is 32.6. The Morgan fingerprint density at radius 2 is 1.74 bits per heavy atom. The molecule has 0 aliphatic carbocycles. The molecular weight excluding hydrogens is 372 g/mol. The van der Waals surface area contributed by atoms with E-state index in [4.69, 9.17) is 9.88 Å². The molecule has 0 aromatic heterocycles. The summed E-state index contributed by atoms with van der Waals surface area (Å²) >= 11 is 0. The number of amides is 1. The zero-order chi connectivity index (χ0) is 20.0. The topological polar surface area (TPSA) is 125 Å². The van der Waals surface area contributed by atoms with Crippen molar-refractivity contribution in [2.24, 2.45) is 5.14 Å². The number of carbonyl (C=O) groups is 2. The van der Waals surface area contributed by atoms with Crippen molar-refractivity contribution in [1.82, 2.24) is 0 Å². The molecule has 3 N–H and O–H groups in total. The molecule has 9 heteroatoms. The summed E-state index contributed by atoms with van der Waals surface area (Å²) in [5.74, 6) is -0.673. The molecule has 0 bridgehead atoms. The van der Waals surface area contributed by atoms with Crippen LogP contribution >= 0.6 is 0 Å². The lowest BCUT2D eigenvalue weighted by atomic mass is 10.1. The van der Waals surface area contributed by atoms with Gasteiger partial charge in [-0.2, -0.15) is 0 Å². The summed E-state index contributed by atoms with van der Waals surface area (Å²) in [6.45, 7) is 0. The van der Waals surface area contributed by atoms with E-state index in [1.165, 1.54) is 44.6 Å². The maximum absolute atomic E-state index is 12.1. The van der Waals surface area contributed by atoms with E-state index in [1.54, 1.807) is 24.3 Å². The number of nitrogens with one attached hydrogen (secondary N) is 1. The third-order valence-electron chi connectivity index (χ3n) is 3.52. The molecule has 2 aromatic carbocycles. The summed E-state index contributed by atoms with van der Waals surface area (Å²) in [4.78, 5) is 23.4. The number of hydrogen-bond acceptors (Lipinski definition) is 6. The van der Waals surface area contributed by atoms with Crippen LogP contribution in [0.15, 0.2) is 53.4 Å². The number of nitrogens with two attached hydrogens (primary N) is 1. The Kier molecular flexibility index (Phi) is 6.32. The van der Waals surface area contributed by atoms with Crippen LogP contribution in [-0.4, -0.2) is 34.5 Å². The number of anilines is 1. The maximum atomic E-state index is 12.1. The number of benzene rings is 2. The van der Waals surface area contributed by atoms with Crippen LogP contribution in [0, 0.1) is 0 Å². The van der Waals surface area contributed by atoms with Gasteiger partial charge in [-0.05, 0) is 42.0 Å². The standard InChI is InChI=1S/C18H18N2O6S/c1-25-16-9-8-14(27(19,23)24)11-15(16)20-17(21)10-5-12-3-6-13(7-4-12)18(22)26-2/h3-11H,1-2H3,(H,20,21)(H2,19,23,24). The number of esters is 1. The molecule has 2 rings (SSSR count). The molecule has 0 saturated carbocycles. The van der Waals surface area contributed by atoms with Gasteiger partial charge >= 0.3 is 5.97 Å². The lowest BCUT2D eigenvalue weighted by Gasteiger charge is -2.10. The predicted molar refractivity (Wildman–Crippen MR) is 99.8 cm³/mol. The third kappa shape index (κ3) is 5.40. The van der Waals surface area contributed by atoms with Crippen molar-refractivity contribution in [3.8, 4) is 5.75 Å². The van der Waals surface area contributed by atoms with Crippen LogP contribution in [0.2, 0.25) is 0 Å².